The molecule has 1 fully saturated rings. The lowest BCUT2D eigenvalue weighted by molar-refractivity contribution is 0.0187. The standard InChI is InChI=1S/C32H38N4O3/c1-19-13-20(2)15-25(14-19)26-7-8-36-29(26)17-27(23(5)30(36)24(6)35-9-11-39-12-10-35)31(37)33-18-28-21(3)16-22(4)34-32(28)38/h7-8,13-17,24H,9-12,18H2,1-6H3,(H,33,37)(H,34,38). The summed E-state index contributed by atoms with van der Waals surface area (Å²) >= 11 is 0. The van der Waals surface area contributed by atoms with E-state index in [4.69, 9.17) is 4.74 Å². The fraction of sp³-hybridized carbons (Fsp3) is 0.375. The van der Waals surface area contributed by atoms with Gasteiger partial charge in [-0.3, -0.25) is 14.5 Å². The molecule has 0 bridgehead atoms. The van der Waals surface area contributed by atoms with Crippen molar-refractivity contribution in [3.8, 4) is 11.1 Å². The molecule has 0 saturated carbocycles. The van der Waals surface area contributed by atoms with Gasteiger partial charge in [-0.1, -0.05) is 29.3 Å². The van der Waals surface area contributed by atoms with Gasteiger partial charge in [0.25, 0.3) is 11.5 Å². The number of carbonyl (C=O) groups excluding carboxylic acids is 1. The van der Waals surface area contributed by atoms with Gasteiger partial charge in [0.05, 0.1) is 18.7 Å². The van der Waals surface area contributed by atoms with Gasteiger partial charge in [-0.05, 0) is 76.4 Å². The number of benzene rings is 1. The van der Waals surface area contributed by atoms with Gasteiger partial charge in [0.1, 0.15) is 0 Å². The number of hydrogen-bond donors (Lipinski definition) is 2. The molecule has 39 heavy (non-hydrogen) atoms. The summed E-state index contributed by atoms with van der Waals surface area (Å²) in [5.41, 5.74) is 10.4. The number of aromatic amines is 1. The van der Waals surface area contributed by atoms with Crippen LogP contribution in [0.2, 0.25) is 0 Å². The number of fused-ring (bicyclic) bond motifs is 1. The second-order valence-corrected chi connectivity index (χ2v) is 10.9. The van der Waals surface area contributed by atoms with E-state index in [2.05, 4.69) is 70.8 Å². The first-order chi connectivity index (χ1) is 18.6. The van der Waals surface area contributed by atoms with Crippen LogP contribution in [-0.4, -0.2) is 46.5 Å². The minimum atomic E-state index is -0.183. The summed E-state index contributed by atoms with van der Waals surface area (Å²) in [4.78, 5) is 31.6. The molecule has 204 valence electrons. The molecule has 0 radical (unpaired) electrons. The van der Waals surface area contributed by atoms with Crippen LogP contribution >= 0.6 is 0 Å². The number of aryl methyl sites for hydroxylation is 4. The molecule has 4 heterocycles. The van der Waals surface area contributed by atoms with E-state index < -0.39 is 0 Å². The molecular formula is C32H38N4O3. The number of hydrogen-bond acceptors (Lipinski definition) is 4. The van der Waals surface area contributed by atoms with E-state index in [1.54, 1.807) is 0 Å². The van der Waals surface area contributed by atoms with E-state index in [9.17, 15) is 9.59 Å². The Morgan fingerprint density at radius 1 is 1.03 bits per heavy atom. The van der Waals surface area contributed by atoms with Gasteiger partial charge >= 0.3 is 0 Å². The zero-order valence-corrected chi connectivity index (χ0v) is 23.8. The highest BCUT2D eigenvalue weighted by Gasteiger charge is 2.26. The average Bonchev–Trinajstić information content (AvgIpc) is 3.30. The highest BCUT2D eigenvalue weighted by molar-refractivity contribution is 5.98. The van der Waals surface area contributed by atoms with Gasteiger partial charge < -0.3 is 19.4 Å². The van der Waals surface area contributed by atoms with Crippen molar-refractivity contribution in [2.45, 2.75) is 54.1 Å². The predicted octanol–water partition coefficient (Wildman–Crippen LogP) is 5.16. The van der Waals surface area contributed by atoms with Gasteiger partial charge in [0.2, 0.25) is 0 Å². The van der Waals surface area contributed by atoms with E-state index in [-0.39, 0.29) is 24.1 Å². The van der Waals surface area contributed by atoms with Crippen LogP contribution in [0.5, 0.6) is 0 Å². The molecule has 7 heteroatoms. The molecule has 0 aliphatic carbocycles. The molecule has 1 amide bonds. The number of nitrogens with zero attached hydrogens (tertiary/aromatic N) is 2. The van der Waals surface area contributed by atoms with E-state index in [0.29, 0.717) is 24.3 Å². The van der Waals surface area contributed by atoms with Crippen molar-refractivity contribution in [3.05, 3.63) is 97.7 Å². The lowest BCUT2D eigenvalue weighted by Crippen LogP contribution is -2.39. The van der Waals surface area contributed by atoms with Crippen molar-refractivity contribution in [1.29, 1.82) is 0 Å². The largest absolute Gasteiger partial charge is 0.379 e. The monoisotopic (exact) mass is 526 g/mol. The van der Waals surface area contributed by atoms with E-state index in [0.717, 1.165) is 52.2 Å². The quantitative estimate of drug-likeness (QED) is 0.364. The summed E-state index contributed by atoms with van der Waals surface area (Å²) in [6.45, 7) is 15.5. The van der Waals surface area contributed by atoms with Crippen LogP contribution in [0.3, 0.4) is 0 Å². The van der Waals surface area contributed by atoms with Crippen molar-refractivity contribution >= 4 is 11.4 Å². The van der Waals surface area contributed by atoms with Crippen molar-refractivity contribution in [2.75, 3.05) is 26.3 Å². The van der Waals surface area contributed by atoms with Gasteiger partial charge in [-0.15, -0.1) is 0 Å². The fourth-order valence-corrected chi connectivity index (χ4v) is 5.99. The Morgan fingerprint density at radius 2 is 1.72 bits per heavy atom. The molecule has 0 spiro atoms. The van der Waals surface area contributed by atoms with E-state index in [1.165, 1.54) is 11.1 Å². The molecule has 1 aromatic carbocycles. The number of nitrogens with one attached hydrogen (secondary N) is 2. The van der Waals surface area contributed by atoms with Gasteiger partial charge in [0.15, 0.2) is 0 Å². The predicted molar refractivity (Wildman–Crippen MR) is 156 cm³/mol. The molecule has 1 aliphatic rings. The van der Waals surface area contributed by atoms with Crippen molar-refractivity contribution < 1.29 is 9.53 Å². The van der Waals surface area contributed by atoms with Gasteiger partial charge in [0, 0.05) is 60.0 Å². The number of amides is 1. The molecule has 7 nitrogen and oxygen atoms in total. The Morgan fingerprint density at radius 3 is 2.38 bits per heavy atom. The Kier molecular flexibility index (Phi) is 7.47. The summed E-state index contributed by atoms with van der Waals surface area (Å²) < 4.78 is 7.85. The number of H-pyrrole nitrogens is 1. The molecular weight excluding hydrogens is 488 g/mol. The number of carbonyl (C=O) groups is 1. The molecule has 1 saturated heterocycles. The zero-order chi connectivity index (χ0) is 27.8. The highest BCUT2D eigenvalue weighted by Crippen LogP contribution is 2.34. The third-order valence-electron chi connectivity index (χ3n) is 7.94. The second-order valence-electron chi connectivity index (χ2n) is 10.9. The molecule has 4 aromatic rings. The van der Waals surface area contributed by atoms with Crippen LogP contribution < -0.4 is 10.9 Å². The average molecular weight is 527 g/mol. The van der Waals surface area contributed by atoms with Crippen LogP contribution in [0, 0.1) is 34.6 Å². The summed E-state index contributed by atoms with van der Waals surface area (Å²) in [5.74, 6) is -0.183. The lowest BCUT2D eigenvalue weighted by atomic mass is 9.97. The zero-order valence-electron chi connectivity index (χ0n) is 23.8. The Hall–Kier alpha value is -3.68. The lowest BCUT2D eigenvalue weighted by Gasteiger charge is -2.34. The maximum Gasteiger partial charge on any atom is 0.253 e. The summed E-state index contributed by atoms with van der Waals surface area (Å²) in [6.07, 6.45) is 2.12. The number of rotatable bonds is 6. The molecule has 1 aliphatic heterocycles. The van der Waals surface area contributed by atoms with E-state index >= 15 is 0 Å². The van der Waals surface area contributed by atoms with Gasteiger partial charge in [-0.25, -0.2) is 0 Å². The minimum Gasteiger partial charge on any atom is -0.379 e. The Balaban J connectivity index is 1.61. The molecule has 1 unspecified atom stereocenters. The summed E-state index contributed by atoms with van der Waals surface area (Å²) in [6, 6.07) is 12.7. The van der Waals surface area contributed by atoms with Crippen molar-refractivity contribution in [3.63, 3.8) is 0 Å². The first kappa shape index (κ1) is 26.9. The number of aromatic nitrogens is 2. The maximum atomic E-state index is 13.7. The maximum absolute atomic E-state index is 13.7. The fourth-order valence-electron chi connectivity index (χ4n) is 5.99. The third kappa shape index (κ3) is 5.29. The minimum absolute atomic E-state index is 0.0887. The first-order valence-corrected chi connectivity index (χ1v) is 13.7. The van der Waals surface area contributed by atoms with Crippen LogP contribution in [0.25, 0.3) is 16.6 Å². The van der Waals surface area contributed by atoms with Crippen LogP contribution in [0.1, 0.15) is 62.5 Å². The molecule has 2 N–H and O–H groups in total. The first-order valence-electron chi connectivity index (χ1n) is 13.7. The molecule has 3 aromatic heterocycles. The van der Waals surface area contributed by atoms with Crippen molar-refractivity contribution in [1.82, 2.24) is 19.6 Å². The Bertz CT molecular complexity index is 1590. The third-order valence-corrected chi connectivity index (χ3v) is 7.94. The highest BCUT2D eigenvalue weighted by atomic mass is 16.5. The van der Waals surface area contributed by atoms with Crippen LogP contribution in [0.15, 0.2) is 47.4 Å². The Labute approximate surface area is 229 Å². The summed E-state index contributed by atoms with van der Waals surface area (Å²) in [7, 11) is 0. The summed E-state index contributed by atoms with van der Waals surface area (Å²) in [5, 5.41) is 3.04. The molecule has 5 rings (SSSR count). The number of pyridine rings is 2. The van der Waals surface area contributed by atoms with Crippen LogP contribution in [-0.2, 0) is 11.3 Å². The smallest absolute Gasteiger partial charge is 0.253 e. The van der Waals surface area contributed by atoms with Gasteiger partial charge in [-0.2, -0.15) is 0 Å². The molecule has 1 atom stereocenters. The SMILES string of the molecule is Cc1cc(C)cc(-c2ccn3c(C(C)N4CCOCC4)c(C)c(C(=O)NCc4c(C)cc(C)[nH]c4=O)cc23)c1. The number of morpholine rings is 1. The normalized spacial score (nSPS) is 15.0. The van der Waals surface area contributed by atoms with Crippen LogP contribution in [0.4, 0.5) is 0 Å². The van der Waals surface area contributed by atoms with E-state index in [1.807, 2.05) is 32.9 Å². The van der Waals surface area contributed by atoms with Crippen molar-refractivity contribution in [2.24, 2.45) is 0 Å². The number of ether oxygens (including phenoxy) is 1. The topological polar surface area (TPSA) is 78.8 Å². The second kappa shape index (κ2) is 10.8.